The molecule has 2 heteroatoms. The Bertz CT molecular complexity index is 642. The average molecular weight is 366 g/mol. The lowest BCUT2D eigenvalue weighted by Crippen LogP contribution is -2.16. The third-order valence-corrected chi connectivity index (χ3v) is 4.84. The van der Waals surface area contributed by atoms with Gasteiger partial charge in [0.15, 0.2) is 0 Å². The molecule has 1 aromatic rings. The van der Waals surface area contributed by atoms with Crippen LogP contribution in [0.5, 0.6) is 0 Å². The topological polar surface area (TPSA) is 12.9 Å². The van der Waals surface area contributed by atoms with Crippen molar-refractivity contribution >= 4 is 14.1 Å². The van der Waals surface area contributed by atoms with Crippen LogP contribution in [0.15, 0.2) is 24.4 Å². The van der Waals surface area contributed by atoms with Gasteiger partial charge in [-0.05, 0) is 30.7 Å². The Morgan fingerprint density at radius 2 is 1.65 bits per heavy atom. The van der Waals surface area contributed by atoms with Crippen LogP contribution in [0.25, 0.3) is 6.08 Å². The number of hydrogen-bond acceptors (Lipinski definition) is 1. The molecule has 0 amide bonds. The van der Waals surface area contributed by atoms with E-state index in [1.54, 1.807) is 0 Å². The van der Waals surface area contributed by atoms with Crippen molar-refractivity contribution in [3.05, 3.63) is 35.7 Å². The van der Waals surface area contributed by atoms with E-state index < -0.39 is 8.07 Å². The van der Waals surface area contributed by atoms with Gasteiger partial charge in [0.05, 0.1) is 5.69 Å². The summed E-state index contributed by atoms with van der Waals surface area (Å²) in [4.78, 5) is 4.43. The number of allylic oxidation sites excluding steroid dienone is 1. The maximum Gasteiger partial charge on any atom is 0.129 e. The van der Waals surface area contributed by atoms with Crippen molar-refractivity contribution in [3.8, 4) is 23.3 Å². The van der Waals surface area contributed by atoms with E-state index in [0.717, 1.165) is 17.7 Å². The lowest BCUT2D eigenvalue weighted by atomic mass is 10.1. The van der Waals surface area contributed by atoms with E-state index in [1.165, 1.54) is 51.4 Å². The van der Waals surface area contributed by atoms with Gasteiger partial charge in [-0.2, -0.15) is 0 Å². The van der Waals surface area contributed by atoms with Crippen LogP contribution in [0.1, 0.15) is 76.0 Å². The van der Waals surface area contributed by atoms with Crippen LogP contribution in [0.3, 0.4) is 0 Å². The molecular formula is C24H35NSi. The second-order valence-electron chi connectivity index (χ2n) is 7.85. The summed E-state index contributed by atoms with van der Waals surface area (Å²) in [6.07, 6.45) is 17.5. The number of unbranched alkanes of at least 4 members (excludes halogenated alkanes) is 8. The molecule has 0 N–H and O–H groups in total. The van der Waals surface area contributed by atoms with Crippen molar-refractivity contribution in [1.82, 2.24) is 4.98 Å². The number of rotatable bonds is 9. The van der Waals surface area contributed by atoms with Gasteiger partial charge in [-0.15, -0.1) is 5.54 Å². The van der Waals surface area contributed by atoms with E-state index in [9.17, 15) is 0 Å². The molecule has 0 bridgehead atoms. The minimum atomic E-state index is -1.33. The number of aromatic nitrogens is 1. The molecule has 0 radical (unpaired) electrons. The fourth-order valence-electron chi connectivity index (χ4n) is 2.44. The lowest BCUT2D eigenvalue weighted by Gasteiger charge is -2.03. The van der Waals surface area contributed by atoms with Gasteiger partial charge in [0.2, 0.25) is 0 Å². The first-order valence-corrected chi connectivity index (χ1v) is 13.7. The molecule has 1 aromatic heterocycles. The van der Waals surface area contributed by atoms with Gasteiger partial charge in [-0.1, -0.05) is 89.3 Å². The summed E-state index contributed by atoms with van der Waals surface area (Å²) < 4.78 is 0. The Hall–Kier alpha value is -1.77. The first-order chi connectivity index (χ1) is 12.5. The lowest BCUT2D eigenvalue weighted by molar-refractivity contribution is 0.579. The summed E-state index contributed by atoms with van der Waals surface area (Å²) in [7, 11) is -1.33. The highest BCUT2D eigenvalue weighted by Gasteiger charge is 2.07. The average Bonchev–Trinajstić information content (AvgIpc) is 2.61. The summed E-state index contributed by atoms with van der Waals surface area (Å²) in [6, 6.07) is 4.04. The number of hydrogen-bond donors (Lipinski definition) is 0. The Kier molecular flexibility index (Phi) is 11.5. The Morgan fingerprint density at radius 3 is 2.27 bits per heavy atom. The van der Waals surface area contributed by atoms with Crippen molar-refractivity contribution in [2.24, 2.45) is 0 Å². The van der Waals surface area contributed by atoms with Gasteiger partial charge in [-0.25, -0.2) is 0 Å². The Labute approximate surface area is 162 Å². The molecule has 0 unspecified atom stereocenters. The van der Waals surface area contributed by atoms with Crippen molar-refractivity contribution in [2.75, 3.05) is 0 Å². The zero-order valence-corrected chi connectivity index (χ0v) is 18.2. The molecule has 26 heavy (non-hydrogen) atoms. The first-order valence-electron chi connectivity index (χ1n) is 10.2. The molecule has 0 atom stereocenters. The molecule has 0 aliphatic carbocycles. The van der Waals surface area contributed by atoms with Gasteiger partial charge in [0.1, 0.15) is 8.07 Å². The van der Waals surface area contributed by atoms with Crippen LogP contribution in [0.4, 0.5) is 0 Å². The van der Waals surface area contributed by atoms with Crippen LogP contribution in [-0.4, -0.2) is 13.1 Å². The molecule has 1 rings (SSSR count). The third-order valence-electron chi connectivity index (χ3n) is 3.96. The fraction of sp³-hybridized carbons (Fsp3) is 0.542. The molecule has 0 fully saturated rings. The molecule has 0 saturated heterocycles. The standard InChI is InChI=1S/C24H35NSi/c1-5-6-7-8-9-10-11-12-13-14-15-16-17-24-19-18-23(22-25-24)20-21-26(2,3)4/h16-19,22H,5-13H2,1-4H3/b17-16+. The van der Waals surface area contributed by atoms with Crippen LogP contribution in [0.2, 0.25) is 19.6 Å². The predicted molar refractivity (Wildman–Crippen MR) is 118 cm³/mol. The van der Waals surface area contributed by atoms with Gasteiger partial charge < -0.3 is 0 Å². The van der Waals surface area contributed by atoms with E-state index in [4.69, 9.17) is 0 Å². The van der Waals surface area contributed by atoms with Crippen molar-refractivity contribution in [1.29, 1.82) is 0 Å². The second-order valence-corrected chi connectivity index (χ2v) is 12.6. The summed E-state index contributed by atoms with van der Waals surface area (Å²) in [5.74, 6) is 9.58. The molecule has 0 spiro atoms. The molecule has 0 aliphatic rings. The fourth-order valence-corrected chi connectivity index (χ4v) is 2.96. The van der Waals surface area contributed by atoms with Crippen LogP contribution in [-0.2, 0) is 0 Å². The van der Waals surface area contributed by atoms with E-state index in [1.807, 2.05) is 30.5 Å². The maximum absolute atomic E-state index is 4.43. The summed E-state index contributed by atoms with van der Waals surface area (Å²) in [5, 5.41) is 0. The Balaban J connectivity index is 2.22. The van der Waals surface area contributed by atoms with Crippen LogP contribution < -0.4 is 0 Å². The highest BCUT2D eigenvalue weighted by molar-refractivity contribution is 6.83. The van der Waals surface area contributed by atoms with Gasteiger partial charge in [-0.3, -0.25) is 4.98 Å². The molecule has 140 valence electrons. The summed E-state index contributed by atoms with van der Waals surface area (Å²) in [6.45, 7) is 9.01. The quantitative estimate of drug-likeness (QED) is 0.265. The van der Waals surface area contributed by atoms with Gasteiger partial charge in [0.25, 0.3) is 0 Å². The SMILES string of the molecule is CCCCCCCCCCC#C/C=C/c1ccc(C#C[Si](C)(C)C)cn1. The molecular weight excluding hydrogens is 330 g/mol. The number of nitrogens with zero attached hydrogens (tertiary/aromatic N) is 1. The number of pyridine rings is 1. The molecule has 0 saturated carbocycles. The maximum atomic E-state index is 4.43. The molecule has 1 nitrogen and oxygen atoms in total. The van der Waals surface area contributed by atoms with Gasteiger partial charge >= 0.3 is 0 Å². The normalized spacial score (nSPS) is 10.9. The van der Waals surface area contributed by atoms with E-state index in [-0.39, 0.29) is 0 Å². The third kappa shape index (κ3) is 12.6. The monoisotopic (exact) mass is 365 g/mol. The predicted octanol–water partition coefficient (Wildman–Crippen LogP) is 6.86. The minimum Gasteiger partial charge on any atom is -0.256 e. The molecule has 1 heterocycles. The van der Waals surface area contributed by atoms with E-state index in [2.05, 4.69) is 54.9 Å². The second kappa shape index (κ2) is 13.4. The zero-order chi connectivity index (χ0) is 19.1. The minimum absolute atomic E-state index is 0.935. The van der Waals surface area contributed by atoms with E-state index in [0.29, 0.717) is 0 Å². The van der Waals surface area contributed by atoms with E-state index >= 15 is 0 Å². The van der Waals surface area contributed by atoms with Crippen LogP contribution >= 0.6 is 0 Å². The molecule has 0 aliphatic heterocycles. The highest BCUT2D eigenvalue weighted by atomic mass is 28.3. The smallest absolute Gasteiger partial charge is 0.129 e. The Morgan fingerprint density at radius 1 is 0.962 bits per heavy atom. The van der Waals surface area contributed by atoms with Crippen molar-refractivity contribution in [2.45, 2.75) is 84.4 Å². The largest absolute Gasteiger partial charge is 0.256 e. The summed E-state index contributed by atoms with van der Waals surface area (Å²) in [5.41, 5.74) is 5.29. The highest BCUT2D eigenvalue weighted by Crippen LogP contribution is 2.09. The summed E-state index contributed by atoms with van der Waals surface area (Å²) >= 11 is 0. The first kappa shape index (κ1) is 22.3. The molecule has 0 aromatic carbocycles. The van der Waals surface area contributed by atoms with Gasteiger partial charge in [0, 0.05) is 18.2 Å². The van der Waals surface area contributed by atoms with Crippen molar-refractivity contribution in [3.63, 3.8) is 0 Å². The zero-order valence-electron chi connectivity index (χ0n) is 17.2. The van der Waals surface area contributed by atoms with Crippen molar-refractivity contribution < 1.29 is 0 Å². The van der Waals surface area contributed by atoms with Crippen LogP contribution in [0, 0.1) is 23.3 Å².